The zero-order chi connectivity index (χ0) is 17.8. The van der Waals surface area contributed by atoms with Gasteiger partial charge in [0.15, 0.2) is 5.69 Å². The first-order chi connectivity index (χ1) is 12.1. The number of rotatable bonds is 6. The van der Waals surface area contributed by atoms with Crippen LogP contribution >= 0.6 is 22.9 Å². The number of ether oxygens (including phenoxy) is 2. The molecule has 0 spiro atoms. The van der Waals surface area contributed by atoms with E-state index in [4.69, 9.17) is 26.2 Å². The third-order valence-electron chi connectivity index (χ3n) is 3.43. The maximum Gasteiger partial charge on any atom is 0.355 e. The van der Waals surface area contributed by atoms with Crippen molar-refractivity contribution in [2.24, 2.45) is 0 Å². The van der Waals surface area contributed by atoms with Crippen molar-refractivity contribution < 1.29 is 19.4 Å². The molecule has 7 heteroatoms. The molecule has 25 heavy (non-hydrogen) atoms. The third-order valence-corrected chi connectivity index (χ3v) is 4.54. The molecule has 0 bridgehead atoms. The van der Waals surface area contributed by atoms with Crippen LogP contribution in [-0.4, -0.2) is 23.2 Å². The van der Waals surface area contributed by atoms with E-state index in [1.54, 1.807) is 31.4 Å². The van der Waals surface area contributed by atoms with E-state index in [2.05, 4.69) is 4.98 Å². The van der Waals surface area contributed by atoms with E-state index < -0.39 is 5.97 Å². The molecule has 0 saturated heterocycles. The highest BCUT2D eigenvalue weighted by atomic mass is 35.5. The molecule has 3 aromatic rings. The number of carbonyl (C=O) groups is 1. The van der Waals surface area contributed by atoms with Gasteiger partial charge in [-0.3, -0.25) is 0 Å². The van der Waals surface area contributed by atoms with Crippen LogP contribution in [0.1, 0.15) is 16.1 Å². The van der Waals surface area contributed by atoms with Gasteiger partial charge in [-0.2, -0.15) is 0 Å². The Morgan fingerprint density at radius 3 is 2.80 bits per heavy atom. The molecule has 0 aliphatic heterocycles. The summed E-state index contributed by atoms with van der Waals surface area (Å²) >= 11 is 7.24. The van der Waals surface area contributed by atoms with Crippen molar-refractivity contribution >= 4 is 28.9 Å². The fourth-order valence-corrected chi connectivity index (χ4v) is 3.25. The molecule has 1 N–H and O–H groups in total. The van der Waals surface area contributed by atoms with Crippen LogP contribution in [0.25, 0.3) is 10.6 Å². The Morgan fingerprint density at radius 2 is 2.12 bits per heavy atom. The zero-order valence-corrected chi connectivity index (χ0v) is 14.8. The number of methoxy groups -OCH3 is 1. The lowest BCUT2D eigenvalue weighted by molar-refractivity contribution is 0.0691. The number of carboxylic acid groups (broad SMARTS) is 1. The normalized spacial score (nSPS) is 10.5. The first-order valence-corrected chi connectivity index (χ1v) is 8.57. The summed E-state index contributed by atoms with van der Waals surface area (Å²) in [6, 6.07) is 12.7. The van der Waals surface area contributed by atoms with E-state index in [1.165, 1.54) is 16.7 Å². The number of hydrogen-bond acceptors (Lipinski definition) is 5. The van der Waals surface area contributed by atoms with Gasteiger partial charge in [-0.05, 0) is 29.8 Å². The topological polar surface area (TPSA) is 68.7 Å². The second kappa shape index (κ2) is 7.55. The molecule has 0 fully saturated rings. The molecule has 0 saturated carbocycles. The molecule has 0 amide bonds. The molecule has 0 aliphatic carbocycles. The molecular formula is C18H14ClNO4S. The fourth-order valence-electron chi connectivity index (χ4n) is 2.21. The lowest BCUT2D eigenvalue weighted by atomic mass is 10.2. The van der Waals surface area contributed by atoms with Crippen molar-refractivity contribution in [2.75, 3.05) is 7.11 Å². The van der Waals surface area contributed by atoms with Crippen LogP contribution in [0.5, 0.6) is 11.5 Å². The van der Waals surface area contributed by atoms with Crippen LogP contribution in [0.4, 0.5) is 0 Å². The second-order valence-corrected chi connectivity index (χ2v) is 6.42. The van der Waals surface area contributed by atoms with E-state index in [1.807, 2.05) is 18.2 Å². The quantitative estimate of drug-likeness (QED) is 0.673. The van der Waals surface area contributed by atoms with Crippen LogP contribution in [0.3, 0.4) is 0 Å². The summed E-state index contributed by atoms with van der Waals surface area (Å²) in [5, 5.41) is 11.8. The number of aromatic carboxylic acids is 1. The Kier molecular flexibility index (Phi) is 5.21. The fraction of sp³-hybridized carbons (Fsp3) is 0.111. The third kappa shape index (κ3) is 4.10. The summed E-state index contributed by atoms with van der Waals surface area (Å²) in [5.74, 6) is 0.142. The minimum absolute atomic E-state index is 0.0107. The number of carboxylic acids is 1. The molecule has 0 radical (unpaired) electrons. The van der Waals surface area contributed by atoms with Crippen molar-refractivity contribution in [3.63, 3.8) is 0 Å². The average molecular weight is 376 g/mol. The van der Waals surface area contributed by atoms with Crippen molar-refractivity contribution in [2.45, 2.75) is 6.61 Å². The number of thiazole rings is 1. The summed E-state index contributed by atoms with van der Waals surface area (Å²) in [5.41, 5.74) is 1.64. The largest absolute Gasteiger partial charge is 0.497 e. The molecule has 0 atom stereocenters. The van der Waals surface area contributed by atoms with Gasteiger partial charge in [0.2, 0.25) is 0 Å². The Labute approximate surface area is 153 Å². The van der Waals surface area contributed by atoms with Crippen molar-refractivity contribution in [3.8, 4) is 22.1 Å². The minimum atomic E-state index is -1.06. The zero-order valence-electron chi connectivity index (χ0n) is 13.2. The monoisotopic (exact) mass is 375 g/mol. The molecule has 0 aliphatic rings. The number of nitrogens with zero attached hydrogens (tertiary/aromatic N) is 1. The highest BCUT2D eigenvalue weighted by molar-refractivity contribution is 7.13. The maximum atomic E-state index is 11.1. The Bertz CT molecular complexity index is 910. The summed E-state index contributed by atoms with van der Waals surface area (Å²) in [6.45, 7) is 0.317. The van der Waals surface area contributed by atoms with Gasteiger partial charge >= 0.3 is 5.97 Å². The number of benzene rings is 2. The molecule has 3 rings (SSSR count). The number of halogens is 1. The summed E-state index contributed by atoms with van der Waals surface area (Å²) in [7, 11) is 1.57. The second-order valence-electron chi connectivity index (χ2n) is 5.12. The summed E-state index contributed by atoms with van der Waals surface area (Å²) in [4.78, 5) is 15.2. The number of aromatic nitrogens is 1. The Balaban J connectivity index is 1.91. The molecule has 2 aromatic carbocycles. The van der Waals surface area contributed by atoms with Crippen molar-refractivity contribution in [1.82, 2.24) is 4.98 Å². The highest BCUT2D eigenvalue weighted by Gasteiger charge is 2.15. The maximum absolute atomic E-state index is 11.1. The Morgan fingerprint density at radius 1 is 1.28 bits per heavy atom. The van der Waals surface area contributed by atoms with Crippen LogP contribution in [0, 0.1) is 0 Å². The van der Waals surface area contributed by atoms with Crippen LogP contribution in [0.15, 0.2) is 47.8 Å². The van der Waals surface area contributed by atoms with Gasteiger partial charge in [0, 0.05) is 16.5 Å². The van der Waals surface area contributed by atoms with Gasteiger partial charge in [0.05, 0.1) is 12.7 Å². The molecule has 5 nitrogen and oxygen atoms in total. The van der Waals surface area contributed by atoms with Gasteiger partial charge in [-0.15, -0.1) is 11.3 Å². The molecule has 1 heterocycles. The molecule has 128 valence electrons. The van der Waals surface area contributed by atoms with Gasteiger partial charge in [0.25, 0.3) is 0 Å². The van der Waals surface area contributed by atoms with Gasteiger partial charge in [0.1, 0.15) is 23.1 Å². The van der Waals surface area contributed by atoms with E-state index in [-0.39, 0.29) is 5.69 Å². The van der Waals surface area contributed by atoms with Crippen molar-refractivity contribution in [1.29, 1.82) is 0 Å². The predicted molar refractivity (Wildman–Crippen MR) is 96.8 cm³/mol. The Hall–Kier alpha value is -2.57. The van der Waals surface area contributed by atoms with Crippen LogP contribution in [-0.2, 0) is 6.61 Å². The van der Waals surface area contributed by atoms with Crippen LogP contribution in [0.2, 0.25) is 5.02 Å². The first-order valence-electron chi connectivity index (χ1n) is 7.31. The number of hydrogen-bond donors (Lipinski definition) is 1. The lowest BCUT2D eigenvalue weighted by Crippen LogP contribution is -1.99. The van der Waals surface area contributed by atoms with E-state index in [0.717, 1.165) is 5.56 Å². The lowest BCUT2D eigenvalue weighted by Gasteiger charge is -2.12. The SMILES string of the molecule is COc1ccc(-c2nc(C(=O)O)cs2)c(OCc2cccc(Cl)c2)c1. The standard InChI is InChI=1S/C18H14ClNO4S/c1-23-13-5-6-14(17-20-15(10-25-17)18(21)22)16(8-13)24-9-11-3-2-4-12(19)7-11/h2-8,10H,9H2,1H3,(H,21,22). The molecule has 1 aromatic heterocycles. The first kappa shape index (κ1) is 17.3. The van der Waals surface area contributed by atoms with Gasteiger partial charge in [-0.25, -0.2) is 9.78 Å². The molecular weight excluding hydrogens is 362 g/mol. The average Bonchev–Trinajstić information content (AvgIpc) is 3.10. The van der Waals surface area contributed by atoms with E-state index >= 15 is 0 Å². The predicted octanol–water partition coefficient (Wildman–Crippen LogP) is 4.75. The van der Waals surface area contributed by atoms with Crippen molar-refractivity contribution in [3.05, 3.63) is 64.1 Å². The summed E-state index contributed by atoms with van der Waals surface area (Å²) < 4.78 is 11.2. The van der Waals surface area contributed by atoms with Crippen LogP contribution < -0.4 is 9.47 Å². The smallest absolute Gasteiger partial charge is 0.355 e. The highest BCUT2D eigenvalue weighted by Crippen LogP contribution is 2.35. The van der Waals surface area contributed by atoms with Gasteiger partial charge in [-0.1, -0.05) is 23.7 Å². The van der Waals surface area contributed by atoms with Gasteiger partial charge < -0.3 is 14.6 Å². The minimum Gasteiger partial charge on any atom is -0.497 e. The van der Waals surface area contributed by atoms with E-state index in [0.29, 0.717) is 33.7 Å². The summed E-state index contributed by atoms with van der Waals surface area (Å²) in [6.07, 6.45) is 0. The molecule has 0 unspecified atom stereocenters. The van der Waals surface area contributed by atoms with E-state index in [9.17, 15) is 4.79 Å².